The molecule has 0 aliphatic rings. The zero-order valence-corrected chi connectivity index (χ0v) is 16.3. The lowest BCUT2D eigenvalue weighted by atomic mass is 10.1. The minimum absolute atomic E-state index is 0.355. The molecule has 0 heterocycles. The van der Waals surface area contributed by atoms with Crippen LogP contribution in [0.25, 0.3) is 0 Å². The van der Waals surface area contributed by atoms with Crippen LogP contribution < -0.4 is 15.1 Å². The Morgan fingerprint density at radius 3 is 2.33 bits per heavy atom. The van der Waals surface area contributed by atoms with Crippen LogP contribution in [0.15, 0.2) is 47.6 Å². The predicted molar refractivity (Wildman–Crippen MR) is 105 cm³/mol. The summed E-state index contributed by atoms with van der Waals surface area (Å²) in [4.78, 5) is 13.6. The highest BCUT2D eigenvalue weighted by molar-refractivity contribution is 6.01. The predicted octanol–water partition coefficient (Wildman–Crippen LogP) is 2.41. The molecule has 1 amide bonds. The summed E-state index contributed by atoms with van der Waals surface area (Å²) in [7, 11) is 1.67. The fourth-order valence-electron chi connectivity index (χ4n) is 2.78. The Hall–Kier alpha value is -2.73. The molecule has 144 valence electrons. The van der Waals surface area contributed by atoms with Gasteiger partial charge in [0.15, 0.2) is 0 Å². The van der Waals surface area contributed by atoms with Crippen molar-refractivity contribution in [3.8, 4) is 5.75 Å². The van der Waals surface area contributed by atoms with Crippen LogP contribution in [0, 0.1) is 5.82 Å². The molecule has 0 atom stereocenters. The molecule has 5 nitrogen and oxygen atoms in total. The second kappa shape index (κ2) is 9.83. The number of carbonyl (C=O) groups is 1. The number of hydrazone groups is 1. The maximum Gasteiger partial charge on any atom is 0.271 e. The smallest absolute Gasteiger partial charge is 0.271 e. The Labute approximate surface area is 159 Å². The molecule has 0 radical (unpaired) electrons. The van der Waals surface area contributed by atoms with Crippen molar-refractivity contribution in [1.82, 2.24) is 5.43 Å². The zero-order chi connectivity index (χ0) is 19.8. The van der Waals surface area contributed by atoms with Gasteiger partial charge in [0.2, 0.25) is 0 Å². The molecule has 2 rings (SSSR count). The number of methoxy groups -OCH3 is 1. The summed E-state index contributed by atoms with van der Waals surface area (Å²) < 4.78 is 18.4. The standard InChI is InChI=1S/C21H26FN3O2/c1-5-25(6-2)14-18-13-17(9-12-20(18)27-4)15(3)23-24-21(26)16-7-10-19(22)11-8-16/h7-13H,5-6,14H2,1-4H3,(H,24,26)/p+1/b23-15-. The monoisotopic (exact) mass is 372 g/mol. The number of hydrogen-bond acceptors (Lipinski definition) is 3. The first-order valence-electron chi connectivity index (χ1n) is 9.09. The Kier molecular flexibility index (Phi) is 7.49. The number of quaternary nitrogens is 1. The molecule has 0 bridgehead atoms. The van der Waals surface area contributed by atoms with Crippen molar-refractivity contribution in [2.24, 2.45) is 5.10 Å². The molecule has 0 unspecified atom stereocenters. The lowest BCUT2D eigenvalue weighted by molar-refractivity contribution is -0.910. The Morgan fingerprint density at radius 1 is 1.11 bits per heavy atom. The van der Waals surface area contributed by atoms with E-state index in [4.69, 9.17) is 4.74 Å². The van der Waals surface area contributed by atoms with Crippen molar-refractivity contribution < 1.29 is 18.8 Å². The topological polar surface area (TPSA) is 55.1 Å². The molecule has 0 spiro atoms. The van der Waals surface area contributed by atoms with E-state index in [1.807, 2.05) is 25.1 Å². The highest BCUT2D eigenvalue weighted by Crippen LogP contribution is 2.19. The van der Waals surface area contributed by atoms with Gasteiger partial charge in [0.25, 0.3) is 5.91 Å². The lowest BCUT2D eigenvalue weighted by Crippen LogP contribution is -3.10. The molecule has 6 heteroatoms. The molecular formula is C21H27FN3O2+. The summed E-state index contributed by atoms with van der Waals surface area (Å²) in [6.07, 6.45) is 0. The van der Waals surface area contributed by atoms with E-state index in [1.165, 1.54) is 29.2 Å². The first-order valence-corrected chi connectivity index (χ1v) is 9.09. The van der Waals surface area contributed by atoms with Gasteiger partial charge < -0.3 is 9.64 Å². The zero-order valence-electron chi connectivity index (χ0n) is 16.3. The van der Waals surface area contributed by atoms with Crippen molar-refractivity contribution in [3.05, 3.63) is 65.0 Å². The second-order valence-corrected chi connectivity index (χ2v) is 6.31. The van der Waals surface area contributed by atoms with Crippen LogP contribution in [0.2, 0.25) is 0 Å². The summed E-state index contributed by atoms with van der Waals surface area (Å²) in [5, 5.41) is 4.18. The number of nitrogens with zero attached hydrogens (tertiary/aromatic N) is 1. The minimum Gasteiger partial charge on any atom is -0.496 e. The van der Waals surface area contributed by atoms with Gasteiger partial charge in [-0.15, -0.1) is 0 Å². The number of hydrogen-bond donors (Lipinski definition) is 2. The molecule has 0 saturated carbocycles. The van der Waals surface area contributed by atoms with Gasteiger partial charge in [0, 0.05) is 11.1 Å². The van der Waals surface area contributed by atoms with Crippen LogP contribution in [0.5, 0.6) is 5.75 Å². The Morgan fingerprint density at radius 2 is 1.74 bits per heavy atom. The summed E-state index contributed by atoms with van der Waals surface area (Å²) in [5.41, 5.74) is 5.58. The van der Waals surface area contributed by atoms with Gasteiger partial charge in [-0.05, 0) is 68.8 Å². The second-order valence-electron chi connectivity index (χ2n) is 6.31. The van der Waals surface area contributed by atoms with Crippen molar-refractivity contribution in [2.45, 2.75) is 27.3 Å². The largest absolute Gasteiger partial charge is 0.496 e. The van der Waals surface area contributed by atoms with Crippen molar-refractivity contribution >= 4 is 11.6 Å². The van der Waals surface area contributed by atoms with Crippen LogP contribution >= 0.6 is 0 Å². The number of benzene rings is 2. The summed E-state index contributed by atoms with van der Waals surface area (Å²) >= 11 is 0. The number of amides is 1. The SMILES string of the molecule is CC[NH+](CC)Cc1cc(/C(C)=N\NC(=O)c2ccc(F)cc2)ccc1OC. The van der Waals surface area contributed by atoms with E-state index < -0.39 is 0 Å². The molecule has 0 aromatic heterocycles. The van der Waals surface area contributed by atoms with Gasteiger partial charge in [-0.2, -0.15) is 5.10 Å². The van der Waals surface area contributed by atoms with Gasteiger partial charge in [-0.3, -0.25) is 4.79 Å². The highest BCUT2D eigenvalue weighted by Gasteiger charge is 2.12. The molecule has 0 aliphatic heterocycles. The first kappa shape index (κ1) is 20.6. The molecule has 0 fully saturated rings. The van der Waals surface area contributed by atoms with Gasteiger partial charge >= 0.3 is 0 Å². The molecule has 2 N–H and O–H groups in total. The van der Waals surface area contributed by atoms with Gasteiger partial charge in [-0.25, -0.2) is 9.82 Å². The van der Waals surface area contributed by atoms with Crippen LogP contribution in [0.4, 0.5) is 4.39 Å². The minimum atomic E-state index is -0.382. The van der Waals surface area contributed by atoms with Crippen LogP contribution in [-0.4, -0.2) is 31.8 Å². The number of rotatable bonds is 8. The fourth-order valence-corrected chi connectivity index (χ4v) is 2.78. The Bertz CT molecular complexity index is 800. The Balaban J connectivity index is 2.16. The molecule has 2 aromatic rings. The van der Waals surface area contributed by atoms with Gasteiger partial charge in [0.05, 0.1) is 25.9 Å². The third-order valence-corrected chi connectivity index (χ3v) is 4.57. The molecule has 0 aliphatic carbocycles. The normalized spacial score (nSPS) is 11.6. The molecular weight excluding hydrogens is 345 g/mol. The molecule has 27 heavy (non-hydrogen) atoms. The summed E-state index contributed by atoms with van der Waals surface area (Å²) in [5.74, 6) is 0.0873. The van der Waals surface area contributed by atoms with E-state index in [0.29, 0.717) is 11.3 Å². The number of ether oxygens (including phenoxy) is 1. The third-order valence-electron chi connectivity index (χ3n) is 4.57. The van der Waals surface area contributed by atoms with Crippen molar-refractivity contribution in [1.29, 1.82) is 0 Å². The molecule has 0 saturated heterocycles. The lowest BCUT2D eigenvalue weighted by Gasteiger charge is -2.18. The quantitative estimate of drug-likeness (QED) is 0.552. The average molecular weight is 372 g/mol. The first-order chi connectivity index (χ1) is 13.0. The van der Waals surface area contributed by atoms with E-state index >= 15 is 0 Å². The van der Waals surface area contributed by atoms with Crippen LogP contribution in [-0.2, 0) is 6.54 Å². The van der Waals surface area contributed by atoms with Crippen LogP contribution in [0.1, 0.15) is 42.3 Å². The maximum absolute atomic E-state index is 13.0. The van der Waals surface area contributed by atoms with E-state index in [1.54, 1.807) is 7.11 Å². The average Bonchev–Trinajstić information content (AvgIpc) is 2.70. The highest BCUT2D eigenvalue weighted by atomic mass is 19.1. The third kappa shape index (κ3) is 5.62. The maximum atomic E-state index is 13.0. The van der Waals surface area contributed by atoms with Crippen molar-refractivity contribution in [2.75, 3.05) is 20.2 Å². The van der Waals surface area contributed by atoms with E-state index in [9.17, 15) is 9.18 Å². The fraction of sp³-hybridized carbons (Fsp3) is 0.333. The van der Waals surface area contributed by atoms with Gasteiger partial charge in [0.1, 0.15) is 18.1 Å². The van der Waals surface area contributed by atoms with Crippen molar-refractivity contribution in [3.63, 3.8) is 0 Å². The number of halogens is 1. The van der Waals surface area contributed by atoms with Gasteiger partial charge in [-0.1, -0.05) is 0 Å². The van der Waals surface area contributed by atoms with E-state index in [-0.39, 0.29) is 11.7 Å². The number of nitrogens with one attached hydrogen (secondary N) is 2. The van der Waals surface area contributed by atoms with E-state index in [2.05, 4.69) is 24.4 Å². The molecule has 2 aromatic carbocycles. The number of carbonyl (C=O) groups excluding carboxylic acids is 1. The summed E-state index contributed by atoms with van der Waals surface area (Å²) in [6.45, 7) is 9.08. The van der Waals surface area contributed by atoms with Crippen LogP contribution in [0.3, 0.4) is 0 Å². The van der Waals surface area contributed by atoms with E-state index in [0.717, 1.165) is 36.5 Å². The summed E-state index contributed by atoms with van der Waals surface area (Å²) in [6, 6.07) is 11.2.